The number of para-hydroxylation sites is 1. The fourth-order valence-corrected chi connectivity index (χ4v) is 2.58. The highest BCUT2D eigenvalue weighted by Crippen LogP contribution is 2.38. The zero-order valence-corrected chi connectivity index (χ0v) is 12.3. The van der Waals surface area contributed by atoms with Gasteiger partial charge in [-0.15, -0.1) is 0 Å². The van der Waals surface area contributed by atoms with Crippen molar-refractivity contribution in [2.45, 2.75) is 23.1 Å². The maximum atomic E-state index is 11.0. The van der Waals surface area contributed by atoms with E-state index in [0.29, 0.717) is 11.5 Å². The first-order valence-corrected chi connectivity index (χ1v) is 7.30. The molecule has 0 saturated heterocycles. The zero-order chi connectivity index (χ0) is 15.2. The topological polar surface area (TPSA) is 72.6 Å². The van der Waals surface area contributed by atoms with Crippen LogP contribution in [0.5, 0.6) is 11.5 Å². The Labute approximate surface area is 126 Å². The molecule has 2 aromatic rings. The third kappa shape index (κ3) is 3.88. The molecule has 5 nitrogen and oxygen atoms in total. The molecule has 0 spiro atoms. The molecule has 6 heteroatoms. The molecule has 110 valence electrons. The first-order chi connectivity index (χ1) is 10.1. The first kappa shape index (κ1) is 15.2. The van der Waals surface area contributed by atoms with E-state index >= 15 is 0 Å². The molecular weight excluding hydrogens is 290 g/mol. The minimum Gasteiger partial charge on any atom is -0.507 e. The third-order valence-corrected chi connectivity index (χ3v) is 3.74. The van der Waals surface area contributed by atoms with Gasteiger partial charge in [-0.2, -0.15) is 0 Å². The first-order valence-electron chi connectivity index (χ1n) is 6.49. The van der Waals surface area contributed by atoms with Gasteiger partial charge >= 0.3 is 5.69 Å². The number of rotatable bonds is 6. The molecule has 0 aliphatic rings. The van der Waals surface area contributed by atoms with Crippen molar-refractivity contribution in [1.82, 2.24) is 0 Å². The number of phenolic OH excluding ortho intramolecular Hbond substituents is 1. The monoisotopic (exact) mass is 305 g/mol. The van der Waals surface area contributed by atoms with Crippen LogP contribution in [-0.2, 0) is 0 Å². The standard InChI is InChI=1S/C15H15NO4S/c1-2-9-20-14-10-11(7-8-12(14)16(18)19)21-15-6-4-3-5-13(15)17/h3-8,10,17H,2,9H2,1H3. The van der Waals surface area contributed by atoms with Gasteiger partial charge in [0.1, 0.15) is 5.75 Å². The van der Waals surface area contributed by atoms with Crippen LogP contribution in [0.3, 0.4) is 0 Å². The summed E-state index contributed by atoms with van der Waals surface area (Å²) in [5, 5.41) is 20.8. The highest BCUT2D eigenvalue weighted by Gasteiger charge is 2.16. The predicted molar refractivity (Wildman–Crippen MR) is 81.1 cm³/mol. The summed E-state index contributed by atoms with van der Waals surface area (Å²) in [4.78, 5) is 12.0. The molecule has 0 amide bonds. The van der Waals surface area contributed by atoms with Crippen LogP contribution in [0, 0.1) is 10.1 Å². The van der Waals surface area contributed by atoms with Gasteiger partial charge in [0, 0.05) is 17.0 Å². The lowest BCUT2D eigenvalue weighted by Crippen LogP contribution is -1.99. The van der Waals surface area contributed by atoms with Crippen LogP contribution in [0.4, 0.5) is 5.69 Å². The molecule has 0 aromatic heterocycles. The number of aromatic hydroxyl groups is 1. The van der Waals surface area contributed by atoms with E-state index in [0.717, 1.165) is 11.3 Å². The normalized spacial score (nSPS) is 10.3. The second kappa shape index (κ2) is 6.99. The second-order valence-electron chi connectivity index (χ2n) is 4.30. The Bertz CT molecular complexity index is 645. The van der Waals surface area contributed by atoms with Crippen LogP contribution in [0.1, 0.15) is 13.3 Å². The van der Waals surface area contributed by atoms with Gasteiger partial charge in [-0.3, -0.25) is 10.1 Å². The summed E-state index contributed by atoms with van der Waals surface area (Å²) in [5.74, 6) is 0.430. The van der Waals surface area contributed by atoms with E-state index in [4.69, 9.17) is 4.74 Å². The molecule has 2 aromatic carbocycles. The Balaban J connectivity index is 2.28. The smallest absolute Gasteiger partial charge is 0.310 e. The van der Waals surface area contributed by atoms with Gasteiger partial charge in [0.05, 0.1) is 16.4 Å². The van der Waals surface area contributed by atoms with Crippen LogP contribution in [-0.4, -0.2) is 16.6 Å². The maximum Gasteiger partial charge on any atom is 0.310 e. The van der Waals surface area contributed by atoms with Crippen molar-refractivity contribution in [3.63, 3.8) is 0 Å². The Morgan fingerprint density at radius 3 is 2.71 bits per heavy atom. The maximum absolute atomic E-state index is 11.0. The molecule has 0 bridgehead atoms. The van der Waals surface area contributed by atoms with E-state index < -0.39 is 4.92 Å². The van der Waals surface area contributed by atoms with E-state index in [1.54, 1.807) is 30.3 Å². The third-order valence-electron chi connectivity index (χ3n) is 2.68. The van der Waals surface area contributed by atoms with Crippen LogP contribution in [0.15, 0.2) is 52.3 Å². The molecule has 0 radical (unpaired) electrons. The summed E-state index contributed by atoms with van der Waals surface area (Å²) >= 11 is 1.33. The Morgan fingerprint density at radius 1 is 1.29 bits per heavy atom. The van der Waals surface area contributed by atoms with E-state index in [9.17, 15) is 15.2 Å². The molecule has 0 aliphatic carbocycles. The van der Waals surface area contributed by atoms with Gasteiger partial charge in [-0.25, -0.2) is 0 Å². The molecule has 0 atom stereocenters. The van der Waals surface area contributed by atoms with Gasteiger partial charge in [0.25, 0.3) is 0 Å². The number of nitro groups is 1. The summed E-state index contributed by atoms with van der Waals surface area (Å²) in [6.45, 7) is 2.36. The molecule has 0 saturated carbocycles. The van der Waals surface area contributed by atoms with Crippen LogP contribution >= 0.6 is 11.8 Å². The predicted octanol–water partition coefficient (Wildman–Crippen LogP) is 4.24. The van der Waals surface area contributed by atoms with Crippen molar-refractivity contribution in [3.05, 3.63) is 52.6 Å². The minimum atomic E-state index is -0.459. The lowest BCUT2D eigenvalue weighted by molar-refractivity contribution is -0.385. The largest absolute Gasteiger partial charge is 0.507 e. The summed E-state index contributed by atoms with van der Waals surface area (Å²) in [6.07, 6.45) is 0.772. The Morgan fingerprint density at radius 2 is 2.05 bits per heavy atom. The van der Waals surface area contributed by atoms with Gasteiger partial charge in [-0.1, -0.05) is 30.8 Å². The number of phenols is 1. The average molecular weight is 305 g/mol. The Hall–Kier alpha value is -2.21. The van der Waals surface area contributed by atoms with Gasteiger partial charge < -0.3 is 9.84 Å². The van der Waals surface area contributed by atoms with E-state index in [1.165, 1.54) is 17.8 Å². The van der Waals surface area contributed by atoms with Crippen molar-refractivity contribution in [3.8, 4) is 11.5 Å². The van der Waals surface area contributed by atoms with Crippen LogP contribution < -0.4 is 4.74 Å². The van der Waals surface area contributed by atoms with Crippen molar-refractivity contribution < 1.29 is 14.8 Å². The number of nitrogens with zero attached hydrogens (tertiary/aromatic N) is 1. The number of hydrogen-bond donors (Lipinski definition) is 1. The highest BCUT2D eigenvalue weighted by atomic mass is 32.2. The number of hydrogen-bond acceptors (Lipinski definition) is 5. The Kier molecular flexibility index (Phi) is 5.05. The van der Waals surface area contributed by atoms with E-state index in [1.807, 2.05) is 13.0 Å². The molecule has 2 rings (SSSR count). The van der Waals surface area contributed by atoms with Gasteiger partial charge in [0.15, 0.2) is 5.75 Å². The van der Waals surface area contributed by atoms with Crippen LogP contribution in [0.2, 0.25) is 0 Å². The van der Waals surface area contributed by atoms with Crippen LogP contribution in [0.25, 0.3) is 0 Å². The quantitative estimate of drug-likeness (QED) is 0.638. The van der Waals surface area contributed by atoms with E-state index in [2.05, 4.69) is 0 Å². The van der Waals surface area contributed by atoms with E-state index in [-0.39, 0.29) is 17.2 Å². The van der Waals surface area contributed by atoms with Gasteiger partial charge in [-0.05, 0) is 24.6 Å². The summed E-state index contributed by atoms with van der Waals surface area (Å²) in [7, 11) is 0. The SMILES string of the molecule is CCCOc1cc(Sc2ccccc2O)ccc1[N+](=O)[O-]. The lowest BCUT2D eigenvalue weighted by Gasteiger charge is -2.08. The molecular formula is C15H15NO4S. The molecule has 0 unspecified atom stereocenters. The van der Waals surface area contributed by atoms with Gasteiger partial charge in [0.2, 0.25) is 0 Å². The second-order valence-corrected chi connectivity index (χ2v) is 5.42. The molecule has 0 heterocycles. The molecule has 1 N–H and O–H groups in total. The fourth-order valence-electron chi connectivity index (χ4n) is 1.71. The molecule has 0 aliphatic heterocycles. The number of benzene rings is 2. The average Bonchev–Trinajstić information content (AvgIpc) is 2.47. The lowest BCUT2D eigenvalue weighted by atomic mass is 10.3. The summed E-state index contributed by atoms with van der Waals surface area (Å²) in [6, 6.07) is 11.6. The minimum absolute atomic E-state index is 0.0508. The van der Waals surface area contributed by atoms with Crippen molar-refractivity contribution in [1.29, 1.82) is 0 Å². The number of nitro benzene ring substituents is 1. The number of ether oxygens (including phenoxy) is 1. The summed E-state index contributed by atoms with van der Waals surface area (Å²) in [5.41, 5.74) is -0.0508. The van der Waals surface area contributed by atoms with Crippen molar-refractivity contribution in [2.75, 3.05) is 6.61 Å². The molecule has 21 heavy (non-hydrogen) atoms. The highest BCUT2D eigenvalue weighted by molar-refractivity contribution is 7.99. The zero-order valence-electron chi connectivity index (χ0n) is 11.5. The van der Waals surface area contributed by atoms with Crippen molar-refractivity contribution >= 4 is 17.4 Å². The van der Waals surface area contributed by atoms with Crippen molar-refractivity contribution in [2.24, 2.45) is 0 Å². The summed E-state index contributed by atoms with van der Waals surface area (Å²) < 4.78 is 5.44. The molecule has 0 fully saturated rings. The fraction of sp³-hybridized carbons (Fsp3) is 0.200.